The van der Waals surface area contributed by atoms with Crippen molar-refractivity contribution < 1.29 is 18.3 Å². The summed E-state index contributed by atoms with van der Waals surface area (Å²) in [5, 5.41) is 0. The van der Waals surface area contributed by atoms with Gasteiger partial charge in [0.25, 0.3) is 5.92 Å². The van der Waals surface area contributed by atoms with Crippen molar-refractivity contribution in [1.82, 2.24) is 4.90 Å². The minimum atomic E-state index is -2.63. The average Bonchev–Trinajstić information content (AvgIpc) is 2.45. The van der Waals surface area contributed by atoms with Gasteiger partial charge in [-0.1, -0.05) is 12.1 Å². The van der Waals surface area contributed by atoms with Crippen LogP contribution < -0.4 is 10.5 Å². The first kappa shape index (κ1) is 15.7. The van der Waals surface area contributed by atoms with Crippen molar-refractivity contribution >= 4 is 5.91 Å². The van der Waals surface area contributed by atoms with E-state index in [-0.39, 0.29) is 38.3 Å². The fourth-order valence-electron chi connectivity index (χ4n) is 2.29. The third-order valence-corrected chi connectivity index (χ3v) is 3.49. The summed E-state index contributed by atoms with van der Waals surface area (Å²) in [4.78, 5) is 13.6. The fraction of sp³-hybridized carbons (Fsp3) is 0.533. The molecule has 6 heteroatoms. The van der Waals surface area contributed by atoms with Gasteiger partial charge in [0.05, 0.1) is 6.42 Å². The molecule has 1 amide bonds. The number of hydrogen-bond acceptors (Lipinski definition) is 3. The summed E-state index contributed by atoms with van der Waals surface area (Å²) in [5.41, 5.74) is 6.18. The van der Waals surface area contributed by atoms with Gasteiger partial charge in [0.15, 0.2) is 0 Å². The van der Waals surface area contributed by atoms with Crippen LogP contribution in [-0.4, -0.2) is 43.0 Å². The van der Waals surface area contributed by atoms with E-state index in [1.807, 2.05) is 6.07 Å². The Morgan fingerprint density at radius 1 is 1.33 bits per heavy atom. The van der Waals surface area contributed by atoms with Crippen LogP contribution in [0, 0.1) is 0 Å². The normalized spacial score (nSPS) is 17.6. The second-order valence-corrected chi connectivity index (χ2v) is 5.20. The van der Waals surface area contributed by atoms with E-state index in [0.29, 0.717) is 18.9 Å². The van der Waals surface area contributed by atoms with Crippen LogP contribution >= 0.6 is 0 Å². The summed E-state index contributed by atoms with van der Waals surface area (Å²) in [6, 6.07) is 7.21. The number of hydrogen-bond donors (Lipinski definition) is 1. The number of amides is 1. The van der Waals surface area contributed by atoms with Crippen LogP contribution in [0.1, 0.15) is 18.4 Å². The molecule has 1 saturated heterocycles. The zero-order valence-electron chi connectivity index (χ0n) is 11.9. The molecule has 4 nitrogen and oxygen atoms in total. The maximum atomic E-state index is 13.1. The molecule has 21 heavy (non-hydrogen) atoms. The Kier molecular flexibility index (Phi) is 5.12. The highest BCUT2D eigenvalue weighted by molar-refractivity contribution is 5.79. The molecule has 116 valence electrons. The van der Waals surface area contributed by atoms with Crippen molar-refractivity contribution in [3.05, 3.63) is 29.8 Å². The molecule has 0 aliphatic carbocycles. The highest BCUT2D eigenvalue weighted by atomic mass is 19.3. The van der Waals surface area contributed by atoms with Crippen molar-refractivity contribution in [2.75, 3.05) is 26.2 Å². The Morgan fingerprint density at radius 3 is 2.71 bits per heavy atom. The molecule has 1 aromatic rings. The molecule has 0 bridgehead atoms. The van der Waals surface area contributed by atoms with Crippen LogP contribution in [0.3, 0.4) is 0 Å². The first-order valence-corrected chi connectivity index (χ1v) is 7.07. The van der Waals surface area contributed by atoms with E-state index in [1.165, 1.54) is 4.90 Å². The fourth-order valence-corrected chi connectivity index (χ4v) is 2.29. The van der Waals surface area contributed by atoms with Gasteiger partial charge in [-0.3, -0.25) is 4.79 Å². The minimum absolute atomic E-state index is 0.120. The molecule has 0 spiro atoms. The van der Waals surface area contributed by atoms with Gasteiger partial charge >= 0.3 is 0 Å². The van der Waals surface area contributed by atoms with Crippen LogP contribution in [0.5, 0.6) is 5.75 Å². The van der Waals surface area contributed by atoms with Crippen LogP contribution in [0.4, 0.5) is 8.78 Å². The number of rotatable bonds is 5. The standard InChI is InChI=1S/C15H20F2N2O2/c16-15(17)4-7-19(8-5-15)14(20)11-12-2-1-3-13(10-12)21-9-6-18/h1-3,10H,4-9,11,18H2. The van der Waals surface area contributed by atoms with Crippen LogP contribution in [-0.2, 0) is 11.2 Å². The van der Waals surface area contributed by atoms with Crippen molar-refractivity contribution in [3.63, 3.8) is 0 Å². The zero-order valence-corrected chi connectivity index (χ0v) is 11.9. The van der Waals surface area contributed by atoms with Gasteiger partial charge in [0, 0.05) is 32.5 Å². The van der Waals surface area contributed by atoms with E-state index >= 15 is 0 Å². The van der Waals surface area contributed by atoms with Gasteiger partial charge in [0.1, 0.15) is 12.4 Å². The van der Waals surface area contributed by atoms with E-state index < -0.39 is 5.92 Å². The molecule has 0 saturated carbocycles. The van der Waals surface area contributed by atoms with E-state index in [9.17, 15) is 13.6 Å². The lowest BCUT2D eigenvalue weighted by molar-refractivity contribution is -0.136. The largest absolute Gasteiger partial charge is 0.492 e. The van der Waals surface area contributed by atoms with Crippen molar-refractivity contribution in [1.29, 1.82) is 0 Å². The summed E-state index contributed by atoms with van der Waals surface area (Å²) in [6.07, 6.45) is -0.303. The monoisotopic (exact) mass is 298 g/mol. The molecule has 0 atom stereocenters. The van der Waals surface area contributed by atoms with Gasteiger partial charge < -0.3 is 15.4 Å². The second-order valence-electron chi connectivity index (χ2n) is 5.20. The van der Waals surface area contributed by atoms with Crippen molar-refractivity contribution in [2.24, 2.45) is 5.73 Å². The minimum Gasteiger partial charge on any atom is -0.492 e. The predicted octanol–water partition coefficient (Wildman–Crippen LogP) is 1.82. The highest BCUT2D eigenvalue weighted by Crippen LogP contribution is 2.28. The lowest BCUT2D eigenvalue weighted by atomic mass is 10.1. The highest BCUT2D eigenvalue weighted by Gasteiger charge is 2.35. The first-order chi connectivity index (χ1) is 10.00. The number of nitrogens with zero attached hydrogens (tertiary/aromatic N) is 1. The number of piperidine rings is 1. The van der Waals surface area contributed by atoms with E-state index in [2.05, 4.69) is 0 Å². The molecule has 0 aromatic heterocycles. The smallest absolute Gasteiger partial charge is 0.251 e. The molecular weight excluding hydrogens is 278 g/mol. The van der Waals surface area contributed by atoms with E-state index in [4.69, 9.17) is 10.5 Å². The van der Waals surface area contributed by atoms with Crippen molar-refractivity contribution in [3.8, 4) is 5.75 Å². The summed E-state index contributed by atoms with van der Waals surface area (Å²) >= 11 is 0. The molecule has 1 aliphatic rings. The lowest BCUT2D eigenvalue weighted by Crippen LogP contribution is -2.43. The number of carbonyl (C=O) groups excluding carboxylic acids is 1. The summed E-state index contributed by atoms with van der Waals surface area (Å²) < 4.78 is 31.6. The van der Waals surface area contributed by atoms with Crippen LogP contribution in [0.2, 0.25) is 0 Å². The Morgan fingerprint density at radius 2 is 2.05 bits per heavy atom. The topological polar surface area (TPSA) is 55.6 Å². The molecule has 2 N–H and O–H groups in total. The maximum Gasteiger partial charge on any atom is 0.251 e. The molecule has 1 heterocycles. The number of likely N-dealkylation sites (tertiary alicyclic amines) is 1. The van der Waals surface area contributed by atoms with Gasteiger partial charge in [0.2, 0.25) is 5.91 Å². The molecule has 0 radical (unpaired) electrons. The third-order valence-electron chi connectivity index (χ3n) is 3.49. The molecule has 0 unspecified atom stereocenters. The molecule has 1 aliphatic heterocycles. The molecule has 2 rings (SSSR count). The maximum absolute atomic E-state index is 13.1. The Balaban J connectivity index is 1.90. The Bertz CT molecular complexity index is 484. The molecule has 1 fully saturated rings. The van der Waals surface area contributed by atoms with E-state index in [1.54, 1.807) is 18.2 Å². The zero-order chi connectivity index (χ0) is 15.3. The van der Waals surface area contributed by atoms with Gasteiger partial charge in [-0.05, 0) is 17.7 Å². The third kappa shape index (κ3) is 4.67. The van der Waals surface area contributed by atoms with Crippen molar-refractivity contribution in [2.45, 2.75) is 25.2 Å². The SMILES string of the molecule is NCCOc1cccc(CC(=O)N2CCC(F)(F)CC2)c1. The van der Waals surface area contributed by atoms with Gasteiger partial charge in [-0.2, -0.15) is 0 Å². The summed E-state index contributed by atoms with van der Waals surface area (Å²) in [5.74, 6) is -2.09. The van der Waals surface area contributed by atoms with Gasteiger partial charge in [-0.15, -0.1) is 0 Å². The van der Waals surface area contributed by atoms with E-state index in [0.717, 1.165) is 5.56 Å². The first-order valence-electron chi connectivity index (χ1n) is 7.07. The van der Waals surface area contributed by atoms with Gasteiger partial charge in [-0.25, -0.2) is 8.78 Å². The summed E-state index contributed by atoms with van der Waals surface area (Å²) in [7, 11) is 0. The van der Waals surface area contributed by atoms with Crippen LogP contribution in [0.25, 0.3) is 0 Å². The van der Waals surface area contributed by atoms with Crippen LogP contribution in [0.15, 0.2) is 24.3 Å². The summed E-state index contributed by atoms with van der Waals surface area (Å²) in [6.45, 7) is 1.08. The Hall–Kier alpha value is -1.69. The number of carbonyl (C=O) groups is 1. The number of benzene rings is 1. The number of alkyl halides is 2. The average molecular weight is 298 g/mol. The predicted molar refractivity (Wildman–Crippen MR) is 75.5 cm³/mol. The quantitative estimate of drug-likeness (QED) is 0.902. The number of halogens is 2. The lowest BCUT2D eigenvalue weighted by Gasteiger charge is -2.31. The number of nitrogens with two attached hydrogens (primary N) is 1. The molecule has 1 aromatic carbocycles. The Labute approximate surface area is 122 Å². The molecular formula is C15H20F2N2O2. The second kappa shape index (κ2) is 6.85. The number of ether oxygens (including phenoxy) is 1.